The van der Waals surface area contributed by atoms with Crippen molar-refractivity contribution < 1.29 is 19.4 Å². The summed E-state index contributed by atoms with van der Waals surface area (Å²) in [6, 6.07) is 8.75. The van der Waals surface area contributed by atoms with Crippen LogP contribution >= 0.6 is 0 Å². The van der Waals surface area contributed by atoms with Gasteiger partial charge in [-0.2, -0.15) is 5.26 Å². The van der Waals surface area contributed by atoms with Crippen molar-refractivity contribution in [2.24, 2.45) is 0 Å². The van der Waals surface area contributed by atoms with Crippen LogP contribution in [0.4, 0.5) is 0 Å². The Bertz CT molecular complexity index is 777. The van der Waals surface area contributed by atoms with Crippen molar-refractivity contribution in [3.63, 3.8) is 0 Å². The van der Waals surface area contributed by atoms with Gasteiger partial charge in [0.05, 0.1) is 25.1 Å². The molecule has 0 atom stereocenters. The zero-order chi connectivity index (χ0) is 17.0. The number of rotatable bonds is 4. The first kappa shape index (κ1) is 16.3. The number of hydrogen-bond donors (Lipinski definition) is 1. The summed E-state index contributed by atoms with van der Waals surface area (Å²) >= 11 is 0. The maximum atomic E-state index is 12.3. The van der Waals surface area contributed by atoms with Gasteiger partial charge in [0, 0.05) is 5.56 Å². The van der Waals surface area contributed by atoms with Crippen LogP contribution < -0.4 is 4.74 Å². The van der Waals surface area contributed by atoms with Gasteiger partial charge in [-0.1, -0.05) is 0 Å². The molecule has 2 rings (SSSR count). The summed E-state index contributed by atoms with van der Waals surface area (Å²) in [4.78, 5) is 16.5. The maximum absolute atomic E-state index is 12.3. The molecule has 0 bridgehead atoms. The third-order valence-electron chi connectivity index (χ3n) is 3.30. The van der Waals surface area contributed by atoms with Gasteiger partial charge in [-0.15, -0.1) is 0 Å². The van der Waals surface area contributed by atoms with E-state index in [0.717, 1.165) is 0 Å². The van der Waals surface area contributed by atoms with Crippen molar-refractivity contribution >= 4 is 5.97 Å². The van der Waals surface area contributed by atoms with Gasteiger partial charge in [0.2, 0.25) is 0 Å². The highest BCUT2D eigenvalue weighted by Crippen LogP contribution is 2.32. The molecule has 1 heterocycles. The number of pyridine rings is 1. The molecule has 0 saturated carbocycles. The minimum atomic E-state index is -0.697. The Balaban J connectivity index is 2.72. The summed E-state index contributed by atoms with van der Waals surface area (Å²) in [5, 5.41) is 19.4. The lowest BCUT2D eigenvalue weighted by molar-refractivity contribution is 0.0526. The van der Waals surface area contributed by atoms with E-state index in [1.807, 2.05) is 6.07 Å². The third-order valence-corrected chi connectivity index (χ3v) is 3.30. The summed E-state index contributed by atoms with van der Waals surface area (Å²) in [6.07, 6.45) is 0. The summed E-state index contributed by atoms with van der Waals surface area (Å²) < 4.78 is 10.1. The van der Waals surface area contributed by atoms with E-state index in [2.05, 4.69) is 4.98 Å². The lowest BCUT2D eigenvalue weighted by Gasteiger charge is -2.13. The molecule has 0 saturated heterocycles. The number of hydrogen-bond acceptors (Lipinski definition) is 6. The largest absolute Gasteiger partial charge is 0.505 e. The van der Waals surface area contributed by atoms with Gasteiger partial charge in [-0.3, -0.25) is 0 Å². The average Bonchev–Trinajstić information content (AvgIpc) is 2.57. The quantitative estimate of drug-likeness (QED) is 0.873. The summed E-state index contributed by atoms with van der Waals surface area (Å²) in [6.45, 7) is 3.39. The number of aryl methyl sites for hydroxylation is 1. The molecular weight excluding hydrogens is 296 g/mol. The van der Waals surface area contributed by atoms with Crippen molar-refractivity contribution in [3.8, 4) is 28.8 Å². The van der Waals surface area contributed by atoms with Crippen LogP contribution in [0.15, 0.2) is 24.3 Å². The SMILES string of the molecule is CCOC(=O)c1c(-c2ccc(OC)cc2)nc(C)c(O)c1C#N. The number of aromatic nitrogens is 1. The first-order valence-electron chi connectivity index (χ1n) is 6.98. The van der Waals surface area contributed by atoms with Crippen molar-refractivity contribution in [2.45, 2.75) is 13.8 Å². The second kappa shape index (κ2) is 6.79. The number of methoxy groups -OCH3 is 1. The van der Waals surface area contributed by atoms with Crippen LogP contribution in [0.5, 0.6) is 11.5 Å². The molecule has 23 heavy (non-hydrogen) atoms. The Morgan fingerprint density at radius 1 is 1.35 bits per heavy atom. The van der Waals surface area contributed by atoms with E-state index < -0.39 is 5.97 Å². The second-order valence-corrected chi connectivity index (χ2v) is 4.71. The molecule has 0 aliphatic rings. The van der Waals surface area contributed by atoms with E-state index in [0.29, 0.717) is 11.3 Å². The first-order valence-corrected chi connectivity index (χ1v) is 6.98. The molecular formula is C17H16N2O4. The van der Waals surface area contributed by atoms with E-state index in [-0.39, 0.29) is 34.9 Å². The molecule has 0 unspecified atom stereocenters. The molecule has 0 spiro atoms. The van der Waals surface area contributed by atoms with Gasteiger partial charge in [-0.25, -0.2) is 9.78 Å². The van der Waals surface area contributed by atoms with Crippen molar-refractivity contribution in [1.82, 2.24) is 4.98 Å². The smallest absolute Gasteiger partial charge is 0.341 e. The van der Waals surface area contributed by atoms with Crippen LogP contribution in [0.1, 0.15) is 28.5 Å². The summed E-state index contributed by atoms with van der Waals surface area (Å²) in [7, 11) is 1.55. The van der Waals surface area contributed by atoms with Crippen LogP contribution in [0.2, 0.25) is 0 Å². The van der Waals surface area contributed by atoms with Gasteiger partial charge in [0.25, 0.3) is 0 Å². The van der Waals surface area contributed by atoms with Crippen LogP contribution in [0.25, 0.3) is 11.3 Å². The topological polar surface area (TPSA) is 92.4 Å². The Labute approximate surface area is 133 Å². The fourth-order valence-corrected chi connectivity index (χ4v) is 2.16. The standard InChI is InChI=1S/C17H16N2O4/c1-4-23-17(21)14-13(9-18)16(20)10(2)19-15(14)11-5-7-12(22-3)8-6-11/h5-8,20H,4H2,1-3H3. The molecule has 2 aromatic rings. The van der Waals surface area contributed by atoms with E-state index in [9.17, 15) is 15.2 Å². The molecule has 1 aromatic carbocycles. The molecule has 0 fully saturated rings. The summed E-state index contributed by atoms with van der Waals surface area (Å²) in [5.41, 5.74) is 0.996. The van der Waals surface area contributed by atoms with Gasteiger partial charge in [0.15, 0.2) is 5.75 Å². The number of carbonyl (C=O) groups excluding carboxylic acids is 1. The van der Waals surface area contributed by atoms with Crippen molar-refractivity contribution in [3.05, 3.63) is 41.1 Å². The van der Waals surface area contributed by atoms with Crippen LogP contribution in [0.3, 0.4) is 0 Å². The molecule has 0 amide bonds. The zero-order valence-electron chi connectivity index (χ0n) is 13.1. The maximum Gasteiger partial charge on any atom is 0.341 e. The predicted molar refractivity (Wildman–Crippen MR) is 83.3 cm³/mol. The summed E-state index contributed by atoms with van der Waals surface area (Å²) in [5.74, 6) is -0.354. The fourth-order valence-electron chi connectivity index (χ4n) is 2.16. The molecule has 6 nitrogen and oxygen atoms in total. The van der Waals surface area contributed by atoms with E-state index in [1.54, 1.807) is 45.2 Å². The highest BCUT2D eigenvalue weighted by molar-refractivity contribution is 5.99. The number of nitriles is 1. The Hall–Kier alpha value is -3.07. The zero-order valence-corrected chi connectivity index (χ0v) is 13.1. The first-order chi connectivity index (χ1) is 11.0. The lowest BCUT2D eigenvalue weighted by Crippen LogP contribution is -2.11. The van der Waals surface area contributed by atoms with E-state index >= 15 is 0 Å². The Morgan fingerprint density at radius 2 is 2.00 bits per heavy atom. The third kappa shape index (κ3) is 3.09. The number of esters is 1. The van der Waals surface area contributed by atoms with Crippen LogP contribution in [-0.2, 0) is 4.74 Å². The number of carbonyl (C=O) groups is 1. The Morgan fingerprint density at radius 3 is 2.52 bits per heavy atom. The molecule has 0 radical (unpaired) electrons. The van der Waals surface area contributed by atoms with Gasteiger partial charge < -0.3 is 14.6 Å². The molecule has 0 aliphatic heterocycles. The minimum Gasteiger partial charge on any atom is -0.505 e. The van der Waals surface area contributed by atoms with Crippen molar-refractivity contribution in [1.29, 1.82) is 5.26 Å². The van der Waals surface area contributed by atoms with Gasteiger partial charge in [0.1, 0.15) is 22.9 Å². The number of benzene rings is 1. The van der Waals surface area contributed by atoms with E-state index in [1.165, 1.54) is 0 Å². The highest BCUT2D eigenvalue weighted by atomic mass is 16.5. The normalized spacial score (nSPS) is 10.0. The molecule has 118 valence electrons. The lowest BCUT2D eigenvalue weighted by atomic mass is 9.99. The van der Waals surface area contributed by atoms with Crippen molar-refractivity contribution in [2.75, 3.05) is 13.7 Å². The van der Waals surface area contributed by atoms with Crippen LogP contribution in [0, 0.1) is 18.3 Å². The second-order valence-electron chi connectivity index (χ2n) is 4.71. The van der Waals surface area contributed by atoms with Gasteiger partial charge >= 0.3 is 5.97 Å². The van der Waals surface area contributed by atoms with Crippen LogP contribution in [-0.4, -0.2) is 29.8 Å². The fraction of sp³-hybridized carbons (Fsp3) is 0.235. The highest BCUT2D eigenvalue weighted by Gasteiger charge is 2.25. The predicted octanol–water partition coefficient (Wildman–Crippen LogP) is 2.82. The molecule has 6 heteroatoms. The number of ether oxygens (including phenoxy) is 2. The monoisotopic (exact) mass is 312 g/mol. The Kier molecular flexibility index (Phi) is 4.82. The molecule has 1 aromatic heterocycles. The number of nitrogens with zero attached hydrogens (tertiary/aromatic N) is 2. The average molecular weight is 312 g/mol. The minimum absolute atomic E-state index is 0.0392. The molecule has 1 N–H and O–H groups in total. The van der Waals surface area contributed by atoms with Gasteiger partial charge in [-0.05, 0) is 38.1 Å². The van der Waals surface area contributed by atoms with E-state index in [4.69, 9.17) is 9.47 Å². The number of aromatic hydroxyl groups is 1. The molecule has 0 aliphatic carbocycles.